The number of thiazole rings is 1. The Hall–Kier alpha value is -5.81. The van der Waals surface area contributed by atoms with Crippen molar-refractivity contribution < 1.29 is 33.5 Å². The van der Waals surface area contributed by atoms with Gasteiger partial charge < -0.3 is 36.2 Å². The zero-order valence-corrected chi connectivity index (χ0v) is 40.9. The Morgan fingerprint density at radius 1 is 0.884 bits per heavy atom. The van der Waals surface area contributed by atoms with Crippen molar-refractivity contribution >= 4 is 52.2 Å². The van der Waals surface area contributed by atoms with Crippen molar-refractivity contribution in [1.29, 1.82) is 0 Å². The number of fused-ring (bicyclic) bond motifs is 1. The van der Waals surface area contributed by atoms with E-state index >= 15 is 0 Å². The summed E-state index contributed by atoms with van der Waals surface area (Å²) in [4.78, 5) is 78.4. The van der Waals surface area contributed by atoms with Gasteiger partial charge in [0.05, 0.1) is 34.3 Å². The minimum atomic E-state index is -0.992. The van der Waals surface area contributed by atoms with Crippen LogP contribution in [0.2, 0.25) is 0 Å². The van der Waals surface area contributed by atoms with Gasteiger partial charge in [0.25, 0.3) is 11.8 Å². The fourth-order valence-corrected chi connectivity index (χ4v) is 13.6. The maximum Gasteiger partial charge on any atom is 0.252 e. The first-order valence-electron chi connectivity index (χ1n) is 23.8. The van der Waals surface area contributed by atoms with E-state index in [-0.39, 0.29) is 60.7 Å². The van der Waals surface area contributed by atoms with Gasteiger partial charge in [0.2, 0.25) is 17.7 Å². The number of nitrogens with zero attached hydrogens (tertiary/aromatic N) is 3. The second-order valence-corrected chi connectivity index (χ2v) is 22.9. The van der Waals surface area contributed by atoms with Gasteiger partial charge in [-0.05, 0) is 114 Å². The first-order chi connectivity index (χ1) is 32.9. The lowest BCUT2D eigenvalue weighted by molar-refractivity contribution is -0.142. The number of halogens is 1. The van der Waals surface area contributed by atoms with Crippen molar-refractivity contribution in [2.75, 3.05) is 13.1 Å². The standard InChI is InChI=1S/C53H58FN7O6S2/c1-30-45(69-29-56-30)34-7-5-31(6-8-34)22-55-49(66)42-18-41(62)26-61(42)50(67)46(51(2,3)4)58-47(64)38-17-43(68-27-38)33-9-11-35(12-10-33)48(65)59-53-20-32-15-39(53)21-52(19-32,28-53)57-23-44(63)60-24-36-13-14-40(54)16-37(36)25-60/h5-14,16-17,27,29,32,39,41-42,46,57,62H,15,18-26,28H2,1-4H3,(H,55,66)(H,58,64)(H,59,65)/t32?,39?,41-,42+,46-,52?,53?/m1/s1. The molecular weight excluding hydrogens is 914 g/mol. The molecule has 16 heteroatoms. The molecule has 6 aliphatic rings. The molecule has 69 heavy (non-hydrogen) atoms. The molecular formula is C53H58FN7O6S2. The van der Waals surface area contributed by atoms with Crippen LogP contribution in [0.15, 0.2) is 83.7 Å². The first kappa shape index (κ1) is 46.9. The van der Waals surface area contributed by atoms with E-state index in [2.05, 4.69) is 26.3 Å². The number of carbonyl (C=O) groups excluding carboxylic acids is 5. The quantitative estimate of drug-likeness (QED) is 0.0842. The van der Waals surface area contributed by atoms with Gasteiger partial charge in [-0.2, -0.15) is 0 Å². The number of likely N-dealkylation sites (tertiary alicyclic amines) is 1. The number of hydrogen-bond acceptors (Lipinski definition) is 10. The smallest absolute Gasteiger partial charge is 0.252 e. The number of aliphatic hydroxyl groups is 1. The molecule has 5 N–H and O–H groups in total. The van der Waals surface area contributed by atoms with Gasteiger partial charge in [-0.3, -0.25) is 24.0 Å². The van der Waals surface area contributed by atoms with Gasteiger partial charge in [0.1, 0.15) is 17.9 Å². The zero-order valence-electron chi connectivity index (χ0n) is 39.3. The summed E-state index contributed by atoms with van der Waals surface area (Å²) in [5, 5.41) is 25.4. The van der Waals surface area contributed by atoms with Gasteiger partial charge in [-0.15, -0.1) is 22.7 Å². The van der Waals surface area contributed by atoms with Crippen LogP contribution >= 0.6 is 22.7 Å². The predicted octanol–water partition coefficient (Wildman–Crippen LogP) is 6.97. The van der Waals surface area contributed by atoms with Gasteiger partial charge >= 0.3 is 0 Å². The third kappa shape index (κ3) is 9.35. The van der Waals surface area contributed by atoms with Gasteiger partial charge in [-0.1, -0.05) is 63.2 Å². The molecule has 2 aromatic heterocycles. The van der Waals surface area contributed by atoms with Gasteiger partial charge in [0, 0.05) is 59.5 Å². The number of aryl methyl sites for hydroxylation is 1. The third-order valence-corrected chi connectivity index (χ3v) is 17.2. The lowest BCUT2D eigenvalue weighted by atomic mass is 9.74. The van der Waals surface area contributed by atoms with Crippen molar-refractivity contribution in [2.45, 2.75) is 115 Å². The predicted molar refractivity (Wildman–Crippen MR) is 262 cm³/mol. The van der Waals surface area contributed by atoms with Crippen molar-refractivity contribution in [3.8, 4) is 20.9 Å². The number of amides is 5. The van der Waals surface area contributed by atoms with E-state index in [4.69, 9.17) is 0 Å². The Kier molecular flexibility index (Phi) is 12.4. The fourth-order valence-electron chi connectivity index (χ4n) is 11.9. The molecule has 0 radical (unpaired) electrons. The molecule has 5 fully saturated rings. The van der Waals surface area contributed by atoms with Crippen LogP contribution in [0.1, 0.15) is 102 Å². The number of β-amino-alcohol motifs (C(OH)–C–C–N with tert-alkyl or cyclic N) is 1. The van der Waals surface area contributed by atoms with Crippen LogP contribution in [-0.2, 0) is 34.0 Å². The van der Waals surface area contributed by atoms with E-state index < -0.39 is 35.4 Å². The zero-order chi connectivity index (χ0) is 48.4. The SMILES string of the molecule is Cc1ncsc1-c1ccc(CNC(=O)[C@@H]2C[C@@H](O)CN2C(=O)[C@@H](NC(=O)c2csc(-c3ccc(C(=O)NC45CC6CC4CC(NCC(=O)N4Cc7ccc(F)cc7C4)(C6)C5)cc3)c2)C(C)(C)C)cc1. The molecule has 360 valence electrons. The third-order valence-electron chi connectivity index (χ3n) is 15.2. The molecule has 4 aliphatic carbocycles. The molecule has 4 bridgehead atoms. The second-order valence-electron chi connectivity index (χ2n) is 21.1. The molecule has 3 aromatic carbocycles. The monoisotopic (exact) mass is 971 g/mol. The molecule has 4 saturated carbocycles. The number of carbonyl (C=O) groups is 5. The highest BCUT2D eigenvalue weighted by Gasteiger charge is 2.64. The Labute approximate surface area is 409 Å². The number of benzene rings is 3. The summed E-state index contributed by atoms with van der Waals surface area (Å²) in [5.74, 6) is -0.879. The lowest BCUT2D eigenvalue weighted by Gasteiger charge is -2.42. The van der Waals surface area contributed by atoms with Crippen LogP contribution in [-0.4, -0.2) is 91.8 Å². The molecule has 4 unspecified atom stereocenters. The molecule has 2 aliphatic heterocycles. The van der Waals surface area contributed by atoms with Crippen LogP contribution in [0.4, 0.5) is 4.39 Å². The Morgan fingerprint density at radius 2 is 1.64 bits per heavy atom. The summed E-state index contributed by atoms with van der Waals surface area (Å²) in [5.41, 5.74) is 7.02. The maximum atomic E-state index is 14.3. The average Bonchev–Trinajstić information content (AvgIpc) is 4.19. The molecule has 0 spiro atoms. The highest BCUT2D eigenvalue weighted by Crippen LogP contribution is 2.62. The summed E-state index contributed by atoms with van der Waals surface area (Å²) < 4.78 is 13.8. The van der Waals surface area contributed by atoms with Crippen LogP contribution < -0.4 is 21.3 Å². The number of thiophene rings is 1. The van der Waals surface area contributed by atoms with Gasteiger partial charge in [-0.25, -0.2) is 9.37 Å². The number of hydrogen-bond donors (Lipinski definition) is 5. The molecule has 5 amide bonds. The minimum Gasteiger partial charge on any atom is -0.391 e. The highest BCUT2D eigenvalue weighted by atomic mass is 32.1. The van der Waals surface area contributed by atoms with E-state index in [1.54, 1.807) is 45.9 Å². The van der Waals surface area contributed by atoms with E-state index in [0.717, 1.165) is 75.4 Å². The summed E-state index contributed by atoms with van der Waals surface area (Å²) in [6.45, 7) is 8.86. The summed E-state index contributed by atoms with van der Waals surface area (Å²) in [7, 11) is 0. The summed E-state index contributed by atoms with van der Waals surface area (Å²) in [6.07, 6.45) is 3.85. The lowest BCUT2D eigenvalue weighted by Crippen LogP contribution is -2.57. The number of nitrogens with one attached hydrogen (secondary N) is 4. The normalized spacial score (nSPS) is 24.9. The number of aliphatic hydroxyl groups excluding tert-OH is 1. The molecule has 7 atom stereocenters. The van der Waals surface area contributed by atoms with Crippen molar-refractivity contribution in [1.82, 2.24) is 36.1 Å². The van der Waals surface area contributed by atoms with Crippen molar-refractivity contribution in [3.63, 3.8) is 0 Å². The Morgan fingerprint density at radius 3 is 2.38 bits per heavy atom. The Balaban J connectivity index is 0.738. The molecule has 4 heterocycles. The highest BCUT2D eigenvalue weighted by molar-refractivity contribution is 7.14. The minimum absolute atomic E-state index is 0.00257. The number of aromatic nitrogens is 1. The van der Waals surface area contributed by atoms with E-state index in [1.165, 1.54) is 28.4 Å². The van der Waals surface area contributed by atoms with Crippen LogP contribution in [0, 0.1) is 30.0 Å². The van der Waals surface area contributed by atoms with E-state index in [9.17, 15) is 33.5 Å². The van der Waals surface area contributed by atoms with E-state index in [0.29, 0.717) is 36.1 Å². The van der Waals surface area contributed by atoms with E-state index in [1.807, 2.05) is 69.6 Å². The Bertz CT molecular complexity index is 2820. The average molecular weight is 972 g/mol. The van der Waals surface area contributed by atoms with Crippen LogP contribution in [0.5, 0.6) is 0 Å². The second kappa shape index (κ2) is 18.2. The summed E-state index contributed by atoms with van der Waals surface area (Å²) in [6, 6.07) is 19.8. The molecule has 11 rings (SSSR count). The molecule has 1 saturated heterocycles. The van der Waals surface area contributed by atoms with Crippen LogP contribution in [0.25, 0.3) is 20.9 Å². The molecule has 5 aromatic rings. The fraction of sp³-hybridized carbons (Fsp3) is 0.434. The largest absolute Gasteiger partial charge is 0.391 e. The maximum absolute atomic E-state index is 14.3. The van der Waals surface area contributed by atoms with Gasteiger partial charge in [0.15, 0.2) is 0 Å². The van der Waals surface area contributed by atoms with Crippen molar-refractivity contribution in [3.05, 3.63) is 123 Å². The topological polar surface area (TPSA) is 173 Å². The summed E-state index contributed by atoms with van der Waals surface area (Å²) >= 11 is 2.95. The number of rotatable bonds is 13. The van der Waals surface area contributed by atoms with Crippen molar-refractivity contribution in [2.24, 2.45) is 17.3 Å². The molecule has 13 nitrogen and oxygen atoms in total. The first-order valence-corrected chi connectivity index (χ1v) is 25.6. The van der Waals surface area contributed by atoms with Crippen LogP contribution in [0.3, 0.4) is 0 Å².